The summed E-state index contributed by atoms with van der Waals surface area (Å²) < 4.78 is 6.75. The second-order valence-electron chi connectivity index (χ2n) is 12.1. The molecular weight excluding hydrogens is 658 g/mol. The van der Waals surface area contributed by atoms with E-state index in [-0.39, 0.29) is 25.9 Å². The van der Waals surface area contributed by atoms with Gasteiger partial charge in [-0.2, -0.15) is 0 Å². The van der Waals surface area contributed by atoms with Gasteiger partial charge in [0.05, 0.1) is 12.1 Å². The van der Waals surface area contributed by atoms with E-state index < -0.39 is 83.6 Å². The topological polar surface area (TPSA) is 283 Å². The number of para-hydroxylation sites is 1. The minimum absolute atomic E-state index is 0.0182. The van der Waals surface area contributed by atoms with Crippen LogP contribution in [-0.2, 0) is 30.3 Å². The molecule has 3 aromatic rings. The number of rotatable bonds is 14. The van der Waals surface area contributed by atoms with E-state index in [1.807, 2.05) is 18.2 Å². The van der Waals surface area contributed by atoms with Crippen LogP contribution in [0.15, 0.2) is 52.3 Å². The molecule has 0 radical (unpaired) electrons. The highest BCUT2D eigenvalue weighted by Crippen LogP contribution is 2.27. The standard InChI is InChI=1S/C31H41N9O10/c1-15(32)27(45)39(3)14-22(26(44)34-13-18-11-23(41)28(50-18)40-9-8-24(42)38-31(40)49)36-25(43)16(2)35-30(48)37-21(29(46)47)10-17-12-33-20-7-5-4-6-19(17)20/h4-9,12,15-16,18,21-23,28,33,41H,10-11,13-14,32H2,1-3H3,(H,34,44)(H,36,43)(H,46,47)(H2,35,37,48)(H,38,42,49)/t15-,16-,18?,21-,22-,23+,28+/m0/s1. The van der Waals surface area contributed by atoms with Crippen LogP contribution in [0.5, 0.6) is 0 Å². The fourth-order valence-electron chi connectivity index (χ4n) is 5.46. The molecule has 10 N–H and O–H groups in total. The number of hydrogen-bond acceptors (Lipinski definition) is 10. The number of aromatic nitrogens is 3. The summed E-state index contributed by atoms with van der Waals surface area (Å²) in [7, 11) is 1.38. The van der Waals surface area contributed by atoms with E-state index in [0.29, 0.717) is 5.56 Å². The number of carbonyl (C=O) groups excluding carboxylic acids is 4. The molecule has 1 fully saturated rings. The number of urea groups is 1. The number of fused-ring (bicyclic) bond motifs is 1. The molecule has 19 heteroatoms. The Balaban J connectivity index is 1.37. The minimum atomic E-state index is -1.35. The van der Waals surface area contributed by atoms with Gasteiger partial charge in [-0.25, -0.2) is 14.4 Å². The van der Waals surface area contributed by atoms with Gasteiger partial charge in [-0.05, 0) is 25.5 Å². The highest BCUT2D eigenvalue weighted by Gasteiger charge is 2.37. The van der Waals surface area contributed by atoms with E-state index in [1.165, 1.54) is 27.1 Å². The molecule has 2 aromatic heterocycles. The number of aliphatic hydroxyl groups excluding tert-OH is 1. The number of aromatic amines is 2. The summed E-state index contributed by atoms with van der Waals surface area (Å²) in [6.45, 7) is 2.30. The lowest BCUT2D eigenvalue weighted by Gasteiger charge is -2.27. The van der Waals surface area contributed by atoms with Crippen LogP contribution < -0.4 is 38.2 Å². The summed E-state index contributed by atoms with van der Waals surface area (Å²) in [6, 6.07) is 2.57. The van der Waals surface area contributed by atoms with Crippen molar-refractivity contribution in [3.63, 3.8) is 0 Å². The number of H-pyrrole nitrogens is 2. The van der Waals surface area contributed by atoms with Crippen LogP contribution in [0.3, 0.4) is 0 Å². The summed E-state index contributed by atoms with van der Waals surface area (Å²) in [5.41, 5.74) is 5.74. The normalized spacial score (nSPS) is 19.5. The number of nitrogens with one attached hydrogen (secondary N) is 6. The molecule has 1 saturated heterocycles. The molecular formula is C31H41N9O10. The lowest BCUT2D eigenvalue weighted by molar-refractivity contribution is -0.139. The molecule has 4 rings (SSSR count). The van der Waals surface area contributed by atoms with Crippen molar-refractivity contribution >= 4 is 40.6 Å². The first-order valence-electron chi connectivity index (χ1n) is 15.7. The number of likely N-dealkylation sites (N-methyl/N-ethyl adjacent to an activating group) is 1. The Hall–Kier alpha value is -5.53. The second-order valence-corrected chi connectivity index (χ2v) is 12.1. The zero-order chi connectivity index (χ0) is 36.7. The third-order valence-electron chi connectivity index (χ3n) is 8.09. The van der Waals surface area contributed by atoms with Crippen molar-refractivity contribution in [1.29, 1.82) is 0 Å². The number of benzene rings is 1. The number of aliphatic hydroxyl groups is 1. The SMILES string of the molecule is C[C@H](N)C(=O)N(C)C[C@H](NC(=O)[C@H](C)NC(=O)N[C@@H](Cc1c[nH]c2ccccc12)C(=O)O)C(=O)NCC1C[C@@H](O)[C@H](n2ccc(=O)[nH]c2=O)O1. The predicted molar refractivity (Wildman–Crippen MR) is 177 cm³/mol. The molecule has 0 spiro atoms. The van der Waals surface area contributed by atoms with Crippen LogP contribution in [0.2, 0.25) is 0 Å². The van der Waals surface area contributed by atoms with Gasteiger partial charge in [0, 0.05) is 62.3 Å². The lowest BCUT2D eigenvalue weighted by atomic mass is 10.1. The van der Waals surface area contributed by atoms with Crippen molar-refractivity contribution in [2.45, 2.75) is 69.3 Å². The molecule has 270 valence electrons. The lowest BCUT2D eigenvalue weighted by Crippen LogP contribution is -2.59. The Morgan fingerprint density at radius 1 is 1.06 bits per heavy atom. The first-order valence-corrected chi connectivity index (χ1v) is 15.7. The molecule has 3 heterocycles. The highest BCUT2D eigenvalue weighted by atomic mass is 16.5. The van der Waals surface area contributed by atoms with Gasteiger partial charge in [-0.3, -0.25) is 28.7 Å². The summed E-state index contributed by atoms with van der Waals surface area (Å²) in [4.78, 5) is 93.5. The zero-order valence-corrected chi connectivity index (χ0v) is 27.5. The quantitative estimate of drug-likeness (QED) is 0.0845. The van der Waals surface area contributed by atoms with Crippen LogP contribution in [0.4, 0.5) is 4.79 Å². The molecule has 0 saturated carbocycles. The average molecular weight is 700 g/mol. The van der Waals surface area contributed by atoms with Crippen molar-refractivity contribution in [2.24, 2.45) is 5.73 Å². The van der Waals surface area contributed by atoms with Gasteiger partial charge >= 0.3 is 17.7 Å². The third-order valence-corrected chi connectivity index (χ3v) is 8.09. The molecule has 0 aliphatic carbocycles. The molecule has 0 bridgehead atoms. The predicted octanol–water partition coefficient (Wildman–Crippen LogP) is -2.54. The van der Waals surface area contributed by atoms with E-state index in [1.54, 1.807) is 12.3 Å². The molecule has 5 amide bonds. The van der Waals surface area contributed by atoms with Crippen LogP contribution in [0.1, 0.15) is 32.1 Å². The Morgan fingerprint density at radius 3 is 2.46 bits per heavy atom. The number of aliphatic carboxylic acids is 1. The molecule has 1 aliphatic rings. The van der Waals surface area contributed by atoms with Crippen molar-refractivity contribution < 1.29 is 38.9 Å². The molecule has 50 heavy (non-hydrogen) atoms. The van der Waals surface area contributed by atoms with Gasteiger partial charge < -0.3 is 51.8 Å². The van der Waals surface area contributed by atoms with Gasteiger partial charge in [0.25, 0.3) is 5.56 Å². The van der Waals surface area contributed by atoms with E-state index >= 15 is 0 Å². The Labute approximate surface area is 284 Å². The summed E-state index contributed by atoms with van der Waals surface area (Å²) in [6.07, 6.45) is -0.243. The van der Waals surface area contributed by atoms with E-state index in [2.05, 4.69) is 31.2 Å². The van der Waals surface area contributed by atoms with Gasteiger partial charge in [0.2, 0.25) is 17.7 Å². The second kappa shape index (κ2) is 16.2. The van der Waals surface area contributed by atoms with Gasteiger partial charge in [0.15, 0.2) is 6.23 Å². The van der Waals surface area contributed by atoms with E-state index in [0.717, 1.165) is 26.4 Å². The fraction of sp³-hybridized carbons (Fsp3) is 0.452. The van der Waals surface area contributed by atoms with Gasteiger partial charge in [-0.1, -0.05) is 18.2 Å². The summed E-state index contributed by atoms with van der Waals surface area (Å²) >= 11 is 0. The van der Waals surface area contributed by atoms with Gasteiger partial charge in [0.1, 0.15) is 24.2 Å². The highest BCUT2D eigenvalue weighted by molar-refractivity contribution is 5.93. The number of carbonyl (C=O) groups is 5. The fourth-order valence-corrected chi connectivity index (χ4v) is 5.46. The number of nitrogens with zero attached hydrogens (tertiary/aromatic N) is 2. The number of carboxylic acids is 1. The number of hydrogen-bond donors (Lipinski definition) is 9. The maximum Gasteiger partial charge on any atom is 0.330 e. The van der Waals surface area contributed by atoms with E-state index in [4.69, 9.17) is 10.5 Å². The molecule has 1 aliphatic heterocycles. The van der Waals surface area contributed by atoms with Crippen LogP contribution in [0.25, 0.3) is 10.9 Å². The number of nitrogens with two attached hydrogens (primary N) is 1. The monoisotopic (exact) mass is 699 g/mol. The number of amides is 5. The van der Waals surface area contributed by atoms with Crippen LogP contribution in [-0.4, -0.2) is 116 Å². The Morgan fingerprint density at radius 2 is 1.78 bits per heavy atom. The molecule has 1 aromatic carbocycles. The Kier molecular flexibility index (Phi) is 12.1. The maximum absolute atomic E-state index is 13.3. The summed E-state index contributed by atoms with van der Waals surface area (Å²) in [5, 5.41) is 30.8. The molecule has 19 nitrogen and oxygen atoms in total. The smallest absolute Gasteiger partial charge is 0.330 e. The molecule has 1 unspecified atom stereocenters. The first kappa shape index (κ1) is 37.3. The average Bonchev–Trinajstić information content (AvgIpc) is 3.64. The van der Waals surface area contributed by atoms with Crippen LogP contribution >= 0.6 is 0 Å². The summed E-state index contributed by atoms with van der Waals surface area (Å²) in [5.74, 6) is -3.38. The Bertz CT molecular complexity index is 1840. The number of carboxylic acid groups (broad SMARTS) is 1. The first-order chi connectivity index (χ1) is 23.6. The third kappa shape index (κ3) is 9.33. The van der Waals surface area contributed by atoms with Crippen molar-refractivity contribution in [3.8, 4) is 0 Å². The van der Waals surface area contributed by atoms with Crippen molar-refractivity contribution in [1.82, 2.24) is 40.7 Å². The van der Waals surface area contributed by atoms with Gasteiger partial charge in [-0.15, -0.1) is 0 Å². The van der Waals surface area contributed by atoms with Crippen LogP contribution in [0, 0.1) is 0 Å². The van der Waals surface area contributed by atoms with Crippen molar-refractivity contribution in [3.05, 3.63) is 69.1 Å². The number of ether oxygens (including phenoxy) is 1. The van der Waals surface area contributed by atoms with Crippen molar-refractivity contribution in [2.75, 3.05) is 20.1 Å². The zero-order valence-electron chi connectivity index (χ0n) is 27.5. The largest absolute Gasteiger partial charge is 0.480 e. The van der Waals surface area contributed by atoms with E-state index in [9.17, 15) is 43.8 Å². The maximum atomic E-state index is 13.3. The molecule has 7 atom stereocenters. The minimum Gasteiger partial charge on any atom is -0.480 e.